The molecule has 0 saturated heterocycles. The number of benzene rings is 2. The third kappa shape index (κ3) is 3.74. The van der Waals surface area contributed by atoms with Crippen molar-refractivity contribution < 1.29 is 4.79 Å². The van der Waals surface area contributed by atoms with Gasteiger partial charge < -0.3 is 10.6 Å². The average Bonchev–Trinajstić information content (AvgIpc) is 2.38. The van der Waals surface area contributed by atoms with Crippen molar-refractivity contribution in [1.29, 1.82) is 0 Å². The molecule has 0 aromatic heterocycles. The highest BCUT2D eigenvalue weighted by Crippen LogP contribution is 2.24. The first kappa shape index (κ1) is 14.9. The third-order valence-electron chi connectivity index (χ3n) is 2.80. The number of amides is 2. The number of hydrogen-bond donors (Lipinski definition) is 2. The van der Waals surface area contributed by atoms with Gasteiger partial charge in [-0.1, -0.05) is 23.7 Å². The van der Waals surface area contributed by atoms with Crippen molar-refractivity contribution in [3.8, 4) is 0 Å². The highest BCUT2D eigenvalue weighted by atomic mass is 79.9. The molecule has 2 amide bonds. The maximum absolute atomic E-state index is 12.0. The maximum atomic E-state index is 12.0. The summed E-state index contributed by atoms with van der Waals surface area (Å²) in [5.41, 5.74) is 3.42. The first-order chi connectivity index (χ1) is 9.45. The maximum Gasteiger partial charge on any atom is 0.323 e. The van der Waals surface area contributed by atoms with E-state index in [1.807, 2.05) is 44.2 Å². The minimum absolute atomic E-state index is 0.309. The van der Waals surface area contributed by atoms with Crippen molar-refractivity contribution in [3.05, 3.63) is 57.0 Å². The molecular formula is C15H14BrClN2O. The lowest BCUT2D eigenvalue weighted by Crippen LogP contribution is -2.19. The molecule has 2 rings (SSSR count). The molecule has 104 valence electrons. The first-order valence-corrected chi connectivity index (χ1v) is 7.23. The molecule has 2 aromatic carbocycles. The quantitative estimate of drug-likeness (QED) is 0.749. The van der Waals surface area contributed by atoms with Gasteiger partial charge in [0.15, 0.2) is 0 Å². The smallest absolute Gasteiger partial charge is 0.308 e. The minimum Gasteiger partial charge on any atom is -0.308 e. The van der Waals surface area contributed by atoms with E-state index in [1.165, 1.54) is 0 Å². The monoisotopic (exact) mass is 352 g/mol. The Balaban J connectivity index is 2.09. The molecule has 20 heavy (non-hydrogen) atoms. The summed E-state index contributed by atoms with van der Waals surface area (Å²) in [7, 11) is 0. The number of halogens is 2. The molecule has 0 aliphatic heterocycles. The summed E-state index contributed by atoms with van der Waals surface area (Å²) in [6.07, 6.45) is 0. The molecule has 2 N–H and O–H groups in total. The molecule has 0 spiro atoms. The number of anilines is 2. The zero-order valence-electron chi connectivity index (χ0n) is 11.1. The Morgan fingerprint density at radius 3 is 2.55 bits per heavy atom. The van der Waals surface area contributed by atoms with Gasteiger partial charge in [-0.15, -0.1) is 0 Å². The second-order valence-electron chi connectivity index (χ2n) is 4.53. The molecule has 0 radical (unpaired) electrons. The highest BCUT2D eigenvalue weighted by molar-refractivity contribution is 9.10. The van der Waals surface area contributed by atoms with E-state index in [4.69, 9.17) is 11.6 Å². The summed E-state index contributed by atoms with van der Waals surface area (Å²) in [6, 6.07) is 10.8. The average molecular weight is 354 g/mol. The molecule has 5 heteroatoms. The summed E-state index contributed by atoms with van der Waals surface area (Å²) >= 11 is 9.43. The van der Waals surface area contributed by atoms with Gasteiger partial charge in [-0.25, -0.2) is 4.79 Å². The number of nitrogens with one attached hydrogen (secondary N) is 2. The van der Waals surface area contributed by atoms with E-state index in [9.17, 15) is 4.79 Å². The lowest BCUT2D eigenvalue weighted by Gasteiger charge is -2.10. The van der Waals surface area contributed by atoms with Crippen LogP contribution in [0, 0.1) is 13.8 Å². The SMILES string of the molecule is Cc1ccc(Br)c(NC(=O)Nc2ccc(C)c(Cl)c2)c1. The Morgan fingerprint density at radius 2 is 1.85 bits per heavy atom. The lowest BCUT2D eigenvalue weighted by molar-refractivity contribution is 0.262. The Bertz CT molecular complexity index is 658. The van der Waals surface area contributed by atoms with Crippen LogP contribution in [0.5, 0.6) is 0 Å². The second kappa shape index (κ2) is 6.29. The van der Waals surface area contributed by atoms with Gasteiger partial charge in [0.1, 0.15) is 0 Å². The van der Waals surface area contributed by atoms with E-state index >= 15 is 0 Å². The molecule has 0 aliphatic rings. The van der Waals surface area contributed by atoms with Gasteiger partial charge in [0.05, 0.1) is 5.69 Å². The lowest BCUT2D eigenvalue weighted by atomic mass is 10.2. The predicted molar refractivity (Wildman–Crippen MR) is 87.7 cm³/mol. The number of hydrogen-bond acceptors (Lipinski definition) is 1. The summed E-state index contributed by atoms with van der Waals surface area (Å²) in [6.45, 7) is 3.88. The van der Waals surface area contributed by atoms with Crippen molar-refractivity contribution in [2.75, 3.05) is 10.6 Å². The largest absolute Gasteiger partial charge is 0.323 e. The van der Waals surface area contributed by atoms with Crippen molar-refractivity contribution >= 4 is 44.9 Å². The number of aryl methyl sites for hydroxylation is 2. The normalized spacial score (nSPS) is 10.2. The second-order valence-corrected chi connectivity index (χ2v) is 5.79. The van der Waals surface area contributed by atoms with Crippen LogP contribution >= 0.6 is 27.5 Å². The number of rotatable bonds is 2. The number of carbonyl (C=O) groups is 1. The van der Waals surface area contributed by atoms with Crippen molar-refractivity contribution in [2.24, 2.45) is 0 Å². The van der Waals surface area contributed by atoms with E-state index in [-0.39, 0.29) is 6.03 Å². The molecular weight excluding hydrogens is 340 g/mol. The van der Waals surface area contributed by atoms with Crippen LogP contribution in [0.1, 0.15) is 11.1 Å². The highest BCUT2D eigenvalue weighted by Gasteiger charge is 2.07. The fourth-order valence-electron chi connectivity index (χ4n) is 1.69. The summed E-state index contributed by atoms with van der Waals surface area (Å²) in [5, 5.41) is 6.17. The molecule has 0 heterocycles. The first-order valence-electron chi connectivity index (χ1n) is 6.06. The van der Waals surface area contributed by atoms with Crippen LogP contribution in [-0.2, 0) is 0 Å². The van der Waals surface area contributed by atoms with Gasteiger partial charge in [0.25, 0.3) is 0 Å². The summed E-state index contributed by atoms with van der Waals surface area (Å²) in [5.74, 6) is 0. The zero-order chi connectivity index (χ0) is 14.7. The molecule has 0 bridgehead atoms. The number of carbonyl (C=O) groups excluding carboxylic acids is 1. The van der Waals surface area contributed by atoms with E-state index in [0.717, 1.165) is 21.3 Å². The minimum atomic E-state index is -0.309. The molecule has 2 aromatic rings. The third-order valence-corrected chi connectivity index (χ3v) is 3.90. The fourth-order valence-corrected chi connectivity index (χ4v) is 2.22. The standard InChI is InChI=1S/C15H14BrClN2O/c1-9-3-6-12(16)14(7-9)19-15(20)18-11-5-4-10(2)13(17)8-11/h3-8H,1-2H3,(H2,18,19,20). The van der Waals surface area contributed by atoms with E-state index in [1.54, 1.807) is 6.07 Å². The zero-order valence-corrected chi connectivity index (χ0v) is 13.5. The van der Waals surface area contributed by atoms with Crippen LogP contribution in [-0.4, -0.2) is 6.03 Å². The Labute approximate surface area is 131 Å². The molecule has 3 nitrogen and oxygen atoms in total. The van der Waals surface area contributed by atoms with Crippen LogP contribution in [0.4, 0.5) is 16.2 Å². The van der Waals surface area contributed by atoms with Gasteiger partial charge in [0, 0.05) is 15.2 Å². The van der Waals surface area contributed by atoms with Crippen molar-refractivity contribution in [3.63, 3.8) is 0 Å². The van der Waals surface area contributed by atoms with Crippen LogP contribution in [0.15, 0.2) is 40.9 Å². The van der Waals surface area contributed by atoms with Gasteiger partial charge in [0.2, 0.25) is 0 Å². The van der Waals surface area contributed by atoms with Gasteiger partial charge in [-0.2, -0.15) is 0 Å². The van der Waals surface area contributed by atoms with E-state index < -0.39 is 0 Å². The van der Waals surface area contributed by atoms with Crippen LogP contribution in [0.2, 0.25) is 5.02 Å². The predicted octanol–water partition coefficient (Wildman–Crippen LogP) is 5.36. The molecule has 0 saturated carbocycles. The van der Waals surface area contributed by atoms with Crippen molar-refractivity contribution in [2.45, 2.75) is 13.8 Å². The van der Waals surface area contributed by atoms with Gasteiger partial charge >= 0.3 is 6.03 Å². The fraction of sp³-hybridized carbons (Fsp3) is 0.133. The van der Waals surface area contributed by atoms with Crippen molar-refractivity contribution in [1.82, 2.24) is 0 Å². The Kier molecular flexibility index (Phi) is 4.68. The van der Waals surface area contributed by atoms with Crippen LogP contribution in [0.25, 0.3) is 0 Å². The Morgan fingerprint density at radius 1 is 1.10 bits per heavy atom. The van der Waals surface area contributed by atoms with Crippen LogP contribution < -0.4 is 10.6 Å². The summed E-state index contributed by atoms with van der Waals surface area (Å²) < 4.78 is 0.834. The van der Waals surface area contributed by atoms with E-state index in [0.29, 0.717) is 10.7 Å². The molecule has 0 unspecified atom stereocenters. The van der Waals surface area contributed by atoms with Crippen LogP contribution in [0.3, 0.4) is 0 Å². The Hall–Kier alpha value is -1.52. The topological polar surface area (TPSA) is 41.1 Å². The van der Waals surface area contributed by atoms with Gasteiger partial charge in [-0.3, -0.25) is 0 Å². The molecule has 0 aliphatic carbocycles. The van der Waals surface area contributed by atoms with Gasteiger partial charge in [-0.05, 0) is 65.2 Å². The number of urea groups is 1. The van der Waals surface area contributed by atoms with E-state index in [2.05, 4.69) is 26.6 Å². The summed E-state index contributed by atoms with van der Waals surface area (Å²) in [4.78, 5) is 12.0. The molecule has 0 fully saturated rings. The molecule has 0 atom stereocenters.